The van der Waals surface area contributed by atoms with Gasteiger partial charge in [-0.3, -0.25) is 4.90 Å². The first-order valence-corrected chi connectivity index (χ1v) is 4.66. The fourth-order valence-electron chi connectivity index (χ4n) is 1.59. The molecule has 12 heavy (non-hydrogen) atoms. The van der Waals surface area contributed by atoms with Crippen LogP contribution in [0.5, 0.6) is 0 Å². The molecule has 0 bridgehead atoms. The lowest BCUT2D eigenvalue weighted by atomic mass is 9.93. The van der Waals surface area contributed by atoms with E-state index in [2.05, 4.69) is 0 Å². The van der Waals surface area contributed by atoms with E-state index >= 15 is 0 Å². The van der Waals surface area contributed by atoms with Gasteiger partial charge in [-0.05, 0) is 18.4 Å². The average Bonchev–Trinajstić information content (AvgIpc) is 2.32. The second-order valence-electron chi connectivity index (χ2n) is 3.82. The Morgan fingerprint density at radius 2 is 2.25 bits per heavy atom. The van der Waals surface area contributed by atoms with Crippen molar-refractivity contribution < 1.29 is 8.78 Å². The number of alkyl halides is 3. The van der Waals surface area contributed by atoms with Gasteiger partial charge >= 0.3 is 0 Å². The summed E-state index contributed by atoms with van der Waals surface area (Å²) in [5.41, 5.74) is 0.0520. The Hall–Kier alpha value is 0.110. The van der Waals surface area contributed by atoms with E-state index in [1.54, 1.807) is 4.90 Å². The summed E-state index contributed by atoms with van der Waals surface area (Å²) in [6, 6.07) is 0. The van der Waals surface area contributed by atoms with Gasteiger partial charge in [-0.15, -0.1) is 11.6 Å². The molecule has 0 aromatic heterocycles. The Bertz CT molecular complexity index is 154. The standard InChI is InChI=1S/C8H14ClF2N/c1-8(5-9)2-3-12(6-8)4-7(10)11/h7H,2-6H2,1H3. The molecular formula is C8H14ClF2N. The largest absolute Gasteiger partial charge is 0.297 e. The minimum absolute atomic E-state index is 0.0520. The Morgan fingerprint density at radius 1 is 1.58 bits per heavy atom. The summed E-state index contributed by atoms with van der Waals surface area (Å²) in [6.45, 7) is 3.41. The normalized spacial score (nSPS) is 31.8. The summed E-state index contributed by atoms with van der Waals surface area (Å²) in [5, 5.41) is 0. The van der Waals surface area contributed by atoms with E-state index in [0.717, 1.165) is 13.0 Å². The van der Waals surface area contributed by atoms with E-state index in [1.165, 1.54) is 0 Å². The highest BCUT2D eigenvalue weighted by Gasteiger charge is 2.33. The Morgan fingerprint density at radius 3 is 2.67 bits per heavy atom. The van der Waals surface area contributed by atoms with E-state index in [9.17, 15) is 8.78 Å². The van der Waals surface area contributed by atoms with Crippen molar-refractivity contribution in [3.05, 3.63) is 0 Å². The molecule has 1 unspecified atom stereocenters. The molecule has 0 radical (unpaired) electrons. The SMILES string of the molecule is CC1(CCl)CCN(CC(F)F)C1. The van der Waals surface area contributed by atoms with E-state index in [4.69, 9.17) is 11.6 Å². The van der Waals surface area contributed by atoms with Crippen LogP contribution in [0.25, 0.3) is 0 Å². The summed E-state index contributed by atoms with van der Waals surface area (Å²) in [6.07, 6.45) is -1.29. The fourth-order valence-corrected chi connectivity index (χ4v) is 1.80. The molecule has 1 rings (SSSR count). The zero-order chi connectivity index (χ0) is 9.19. The fraction of sp³-hybridized carbons (Fsp3) is 1.00. The average molecular weight is 198 g/mol. The predicted octanol–water partition coefficient (Wildman–Crippen LogP) is 2.20. The zero-order valence-corrected chi connectivity index (χ0v) is 7.95. The molecule has 0 spiro atoms. The van der Waals surface area contributed by atoms with Crippen molar-refractivity contribution in [2.45, 2.75) is 19.8 Å². The van der Waals surface area contributed by atoms with E-state index in [1.807, 2.05) is 6.92 Å². The minimum atomic E-state index is -2.22. The molecule has 0 N–H and O–H groups in total. The topological polar surface area (TPSA) is 3.24 Å². The summed E-state index contributed by atoms with van der Waals surface area (Å²) < 4.78 is 23.9. The van der Waals surface area contributed by atoms with Crippen molar-refractivity contribution in [3.63, 3.8) is 0 Å². The molecule has 1 aliphatic rings. The molecule has 1 fully saturated rings. The molecule has 4 heteroatoms. The lowest BCUT2D eigenvalue weighted by Gasteiger charge is -2.21. The quantitative estimate of drug-likeness (QED) is 0.627. The smallest absolute Gasteiger partial charge is 0.251 e. The minimum Gasteiger partial charge on any atom is -0.297 e. The molecule has 1 nitrogen and oxygen atoms in total. The molecule has 72 valence electrons. The first-order chi connectivity index (χ1) is 5.56. The first kappa shape index (κ1) is 10.2. The zero-order valence-electron chi connectivity index (χ0n) is 7.19. The van der Waals surface area contributed by atoms with Gasteiger partial charge in [0.2, 0.25) is 0 Å². The van der Waals surface area contributed by atoms with Crippen molar-refractivity contribution in [1.29, 1.82) is 0 Å². The van der Waals surface area contributed by atoms with Crippen LogP contribution in [-0.2, 0) is 0 Å². The molecule has 1 aliphatic heterocycles. The Kier molecular flexibility index (Phi) is 3.29. The van der Waals surface area contributed by atoms with Crippen LogP contribution in [0.3, 0.4) is 0 Å². The van der Waals surface area contributed by atoms with E-state index in [-0.39, 0.29) is 12.0 Å². The number of halogens is 3. The Balaban J connectivity index is 2.35. The summed E-state index contributed by atoms with van der Waals surface area (Å²) in [7, 11) is 0. The van der Waals surface area contributed by atoms with Crippen LogP contribution >= 0.6 is 11.6 Å². The van der Waals surface area contributed by atoms with E-state index in [0.29, 0.717) is 12.4 Å². The molecule has 1 heterocycles. The van der Waals surface area contributed by atoms with Crippen LogP contribution in [0.1, 0.15) is 13.3 Å². The van der Waals surface area contributed by atoms with Crippen LogP contribution < -0.4 is 0 Å². The highest BCUT2D eigenvalue weighted by atomic mass is 35.5. The number of rotatable bonds is 3. The second-order valence-corrected chi connectivity index (χ2v) is 4.09. The third kappa shape index (κ3) is 2.56. The number of hydrogen-bond donors (Lipinski definition) is 0. The monoisotopic (exact) mass is 197 g/mol. The molecule has 0 aromatic carbocycles. The number of likely N-dealkylation sites (tertiary alicyclic amines) is 1. The highest BCUT2D eigenvalue weighted by Crippen LogP contribution is 2.31. The molecule has 1 saturated heterocycles. The van der Waals surface area contributed by atoms with Gasteiger partial charge in [-0.25, -0.2) is 8.78 Å². The highest BCUT2D eigenvalue weighted by molar-refractivity contribution is 6.18. The Labute approximate surface area is 76.7 Å². The lowest BCUT2D eigenvalue weighted by Crippen LogP contribution is -2.29. The molecule has 1 atom stereocenters. The third-order valence-electron chi connectivity index (χ3n) is 2.36. The predicted molar refractivity (Wildman–Crippen MR) is 45.9 cm³/mol. The van der Waals surface area contributed by atoms with Crippen molar-refractivity contribution in [1.82, 2.24) is 4.90 Å². The molecule has 0 amide bonds. The second kappa shape index (κ2) is 3.88. The maximum atomic E-state index is 12.0. The maximum Gasteiger partial charge on any atom is 0.251 e. The maximum absolute atomic E-state index is 12.0. The number of hydrogen-bond acceptors (Lipinski definition) is 1. The lowest BCUT2D eigenvalue weighted by molar-refractivity contribution is 0.0954. The van der Waals surface area contributed by atoms with Gasteiger partial charge in [-0.2, -0.15) is 0 Å². The van der Waals surface area contributed by atoms with Crippen molar-refractivity contribution in [2.75, 3.05) is 25.5 Å². The van der Waals surface area contributed by atoms with Crippen molar-refractivity contribution >= 4 is 11.6 Å². The molecule has 0 saturated carbocycles. The molecule has 0 aromatic rings. The van der Waals surface area contributed by atoms with Crippen molar-refractivity contribution in [2.24, 2.45) is 5.41 Å². The summed E-state index contributed by atoms with van der Waals surface area (Å²) in [4.78, 5) is 1.78. The van der Waals surface area contributed by atoms with Crippen LogP contribution in [0.15, 0.2) is 0 Å². The van der Waals surface area contributed by atoms with Gasteiger partial charge in [0.25, 0.3) is 6.43 Å². The van der Waals surface area contributed by atoms with Crippen LogP contribution in [0.4, 0.5) is 8.78 Å². The van der Waals surface area contributed by atoms with Gasteiger partial charge < -0.3 is 0 Å². The van der Waals surface area contributed by atoms with Crippen LogP contribution in [-0.4, -0.2) is 36.8 Å². The third-order valence-corrected chi connectivity index (χ3v) is 3.00. The molecular weight excluding hydrogens is 184 g/mol. The van der Waals surface area contributed by atoms with Gasteiger partial charge in [0, 0.05) is 12.4 Å². The molecule has 0 aliphatic carbocycles. The van der Waals surface area contributed by atoms with Gasteiger partial charge in [-0.1, -0.05) is 6.92 Å². The van der Waals surface area contributed by atoms with Gasteiger partial charge in [0.1, 0.15) is 0 Å². The summed E-state index contributed by atoms with van der Waals surface area (Å²) >= 11 is 5.74. The first-order valence-electron chi connectivity index (χ1n) is 4.12. The van der Waals surface area contributed by atoms with Crippen LogP contribution in [0.2, 0.25) is 0 Å². The van der Waals surface area contributed by atoms with Crippen molar-refractivity contribution in [3.8, 4) is 0 Å². The van der Waals surface area contributed by atoms with Crippen LogP contribution in [0, 0.1) is 5.41 Å². The summed E-state index contributed by atoms with van der Waals surface area (Å²) in [5.74, 6) is 0.562. The van der Waals surface area contributed by atoms with E-state index < -0.39 is 6.43 Å². The number of nitrogens with zero attached hydrogens (tertiary/aromatic N) is 1. The van der Waals surface area contributed by atoms with Gasteiger partial charge in [0.05, 0.1) is 6.54 Å². The van der Waals surface area contributed by atoms with Gasteiger partial charge in [0.15, 0.2) is 0 Å².